The fourth-order valence-corrected chi connectivity index (χ4v) is 2.38. The molecule has 0 bridgehead atoms. The van der Waals surface area contributed by atoms with Crippen LogP contribution in [0, 0.1) is 6.92 Å². The molecule has 0 fully saturated rings. The van der Waals surface area contributed by atoms with Crippen molar-refractivity contribution in [3.05, 3.63) is 58.6 Å². The Labute approximate surface area is 125 Å². The van der Waals surface area contributed by atoms with Crippen LogP contribution in [0.25, 0.3) is 0 Å². The first-order valence-electron chi connectivity index (χ1n) is 6.81. The van der Waals surface area contributed by atoms with Crippen molar-refractivity contribution >= 4 is 17.3 Å². The summed E-state index contributed by atoms with van der Waals surface area (Å²) in [5.41, 5.74) is 3.41. The summed E-state index contributed by atoms with van der Waals surface area (Å²) in [5.74, 6) is 0.877. The molecule has 1 N–H and O–H groups in total. The molecule has 0 aromatic heterocycles. The molecule has 0 spiro atoms. The average molecular weight is 290 g/mol. The molecule has 0 amide bonds. The number of rotatable bonds is 5. The Morgan fingerprint density at radius 1 is 1.15 bits per heavy atom. The van der Waals surface area contributed by atoms with E-state index in [0.29, 0.717) is 0 Å². The SMILES string of the molecule is CCC(Nc1cccc(Cl)c1C)c1ccc(OC)cc1. The van der Waals surface area contributed by atoms with Crippen molar-refractivity contribution in [1.29, 1.82) is 0 Å². The van der Waals surface area contributed by atoms with Gasteiger partial charge in [0, 0.05) is 10.7 Å². The largest absolute Gasteiger partial charge is 0.497 e. The Kier molecular flexibility index (Phi) is 4.91. The van der Waals surface area contributed by atoms with E-state index in [2.05, 4.69) is 30.4 Å². The number of ether oxygens (including phenoxy) is 1. The highest BCUT2D eigenvalue weighted by Crippen LogP contribution is 2.29. The maximum absolute atomic E-state index is 6.17. The van der Waals surface area contributed by atoms with Crippen LogP contribution in [0.4, 0.5) is 5.69 Å². The second-order valence-corrected chi connectivity index (χ2v) is 5.20. The predicted molar refractivity (Wildman–Crippen MR) is 85.8 cm³/mol. The number of hydrogen-bond donors (Lipinski definition) is 1. The lowest BCUT2D eigenvalue weighted by molar-refractivity contribution is 0.414. The van der Waals surface area contributed by atoms with Crippen molar-refractivity contribution in [3.63, 3.8) is 0 Å². The molecule has 1 unspecified atom stereocenters. The molecule has 2 aromatic carbocycles. The maximum Gasteiger partial charge on any atom is 0.118 e. The number of nitrogens with one attached hydrogen (secondary N) is 1. The van der Waals surface area contributed by atoms with Crippen LogP contribution in [-0.4, -0.2) is 7.11 Å². The minimum absolute atomic E-state index is 0.262. The molecular formula is C17H20ClNO. The minimum atomic E-state index is 0.262. The van der Waals surface area contributed by atoms with Gasteiger partial charge in [-0.2, -0.15) is 0 Å². The summed E-state index contributed by atoms with van der Waals surface area (Å²) in [6.45, 7) is 4.20. The van der Waals surface area contributed by atoms with E-state index in [1.807, 2.05) is 31.2 Å². The van der Waals surface area contributed by atoms with Gasteiger partial charge in [0.1, 0.15) is 5.75 Å². The quantitative estimate of drug-likeness (QED) is 0.815. The van der Waals surface area contributed by atoms with Crippen LogP contribution in [0.1, 0.15) is 30.5 Å². The highest BCUT2D eigenvalue weighted by molar-refractivity contribution is 6.31. The van der Waals surface area contributed by atoms with Crippen molar-refractivity contribution in [2.45, 2.75) is 26.3 Å². The van der Waals surface area contributed by atoms with E-state index in [-0.39, 0.29) is 6.04 Å². The van der Waals surface area contributed by atoms with E-state index in [4.69, 9.17) is 16.3 Å². The van der Waals surface area contributed by atoms with Gasteiger partial charge in [0.05, 0.1) is 13.2 Å². The van der Waals surface area contributed by atoms with E-state index in [9.17, 15) is 0 Å². The van der Waals surface area contributed by atoms with Crippen LogP contribution < -0.4 is 10.1 Å². The molecule has 1 atom stereocenters. The Morgan fingerprint density at radius 3 is 2.45 bits per heavy atom. The Bertz CT molecular complexity index is 566. The summed E-state index contributed by atoms with van der Waals surface area (Å²) in [7, 11) is 1.68. The zero-order chi connectivity index (χ0) is 14.5. The van der Waals surface area contributed by atoms with Gasteiger partial charge in [-0.05, 0) is 48.7 Å². The van der Waals surface area contributed by atoms with Gasteiger partial charge in [-0.3, -0.25) is 0 Å². The molecule has 0 aliphatic heterocycles. The fourth-order valence-electron chi connectivity index (χ4n) is 2.21. The summed E-state index contributed by atoms with van der Waals surface area (Å²) >= 11 is 6.17. The second-order valence-electron chi connectivity index (χ2n) is 4.79. The zero-order valence-corrected chi connectivity index (χ0v) is 12.9. The van der Waals surface area contributed by atoms with Gasteiger partial charge in [0.15, 0.2) is 0 Å². The Balaban J connectivity index is 2.21. The topological polar surface area (TPSA) is 21.3 Å². The summed E-state index contributed by atoms with van der Waals surface area (Å²) in [4.78, 5) is 0. The number of methoxy groups -OCH3 is 1. The first-order chi connectivity index (χ1) is 9.65. The van der Waals surface area contributed by atoms with E-state index < -0.39 is 0 Å². The van der Waals surface area contributed by atoms with Gasteiger partial charge in [-0.15, -0.1) is 0 Å². The van der Waals surface area contributed by atoms with E-state index >= 15 is 0 Å². The average Bonchev–Trinajstić information content (AvgIpc) is 2.49. The first-order valence-corrected chi connectivity index (χ1v) is 7.19. The molecule has 0 saturated carbocycles. The molecule has 0 aliphatic rings. The minimum Gasteiger partial charge on any atom is -0.497 e. The lowest BCUT2D eigenvalue weighted by Gasteiger charge is -2.21. The highest BCUT2D eigenvalue weighted by Gasteiger charge is 2.11. The van der Waals surface area contributed by atoms with Crippen LogP contribution in [0.3, 0.4) is 0 Å². The molecule has 0 heterocycles. The van der Waals surface area contributed by atoms with Gasteiger partial charge in [0.25, 0.3) is 0 Å². The van der Waals surface area contributed by atoms with Crippen molar-refractivity contribution in [3.8, 4) is 5.75 Å². The van der Waals surface area contributed by atoms with Crippen molar-refractivity contribution in [2.75, 3.05) is 12.4 Å². The van der Waals surface area contributed by atoms with Crippen molar-refractivity contribution in [1.82, 2.24) is 0 Å². The van der Waals surface area contributed by atoms with Gasteiger partial charge >= 0.3 is 0 Å². The molecule has 2 aromatic rings. The van der Waals surface area contributed by atoms with Gasteiger partial charge < -0.3 is 10.1 Å². The van der Waals surface area contributed by atoms with Crippen molar-refractivity contribution < 1.29 is 4.74 Å². The lowest BCUT2D eigenvalue weighted by Crippen LogP contribution is -2.10. The highest BCUT2D eigenvalue weighted by atomic mass is 35.5. The molecule has 3 heteroatoms. The van der Waals surface area contributed by atoms with E-state index in [1.165, 1.54) is 5.56 Å². The lowest BCUT2D eigenvalue weighted by atomic mass is 10.0. The smallest absolute Gasteiger partial charge is 0.118 e. The second kappa shape index (κ2) is 6.67. The monoisotopic (exact) mass is 289 g/mol. The van der Waals surface area contributed by atoms with Crippen LogP contribution >= 0.6 is 11.6 Å². The molecule has 0 saturated heterocycles. The number of hydrogen-bond acceptors (Lipinski definition) is 2. The van der Waals surface area contributed by atoms with Gasteiger partial charge in [-0.25, -0.2) is 0 Å². The Hall–Kier alpha value is -1.67. The standard InChI is InChI=1S/C17H20ClNO/c1-4-16(13-8-10-14(20-3)11-9-13)19-17-7-5-6-15(18)12(17)2/h5-11,16,19H,4H2,1-3H3. The van der Waals surface area contributed by atoms with Gasteiger partial charge in [-0.1, -0.05) is 36.7 Å². The maximum atomic E-state index is 6.17. The number of anilines is 1. The van der Waals surface area contributed by atoms with Gasteiger partial charge in [0.2, 0.25) is 0 Å². The number of halogens is 1. The molecular weight excluding hydrogens is 270 g/mol. The molecule has 2 nitrogen and oxygen atoms in total. The fraction of sp³-hybridized carbons (Fsp3) is 0.294. The van der Waals surface area contributed by atoms with Crippen LogP contribution in [-0.2, 0) is 0 Å². The van der Waals surface area contributed by atoms with E-state index in [1.54, 1.807) is 7.11 Å². The molecule has 106 valence electrons. The summed E-state index contributed by atoms with van der Waals surface area (Å²) in [5, 5.41) is 4.36. The molecule has 0 aliphatic carbocycles. The zero-order valence-electron chi connectivity index (χ0n) is 12.1. The third kappa shape index (κ3) is 3.26. The van der Waals surface area contributed by atoms with Crippen LogP contribution in [0.15, 0.2) is 42.5 Å². The van der Waals surface area contributed by atoms with Crippen LogP contribution in [0.5, 0.6) is 5.75 Å². The predicted octanol–water partition coefficient (Wildman–Crippen LogP) is 5.22. The normalized spacial score (nSPS) is 12.0. The number of benzene rings is 2. The first kappa shape index (κ1) is 14.7. The summed E-state index contributed by atoms with van der Waals surface area (Å²) < 4.78 is 5.20. The summed E-state index contributed by atoms with van der Waals surface area (Å²) in [6.07, 6.45) is 0.998. The third-order valence-corrected chi connectivity index (χ3v) is 3.93. The Morgan fingerprint density at radius 2 is 1.85 bits per heavy atom. The molecule has 20 heavy (non-hydrogen) atoms. The van der Waals surface area contributed by atoms with E-state index in [0.717, 1.165) is 28.4 Å². The molecule has 2 rings (SSSR count). The third-order valence-electron chi connectivity index (χ3n) is 3.52. The van der Waals surface area contributed by atoms with Crippen LogP contribution in [0.2, 0.25) is 5.02 Å². The van der Waals surface area contributed by atoms with Crippen molar-refractivity contribution in [2.24, 2.45) is 0 Å². The summed E-state index contributed by atoms with van der Waals surface area (Å²) in [6, 6.07) is 14.4. The molecule has 0 radical (unpaired) electrons.